The minimum Gasteiger partial charge on any atom is -0.493 e. The van der Waals surface area contributed by atoms with Crippen molar-refractivity contribution in [1.29, 1.82) is 0 Å². The molecule has 0 aliphatic rings. The van der Waals surface area contributed by atoms with Gasteiger partial charge in [-0.25, -0.2) is 0 Å². The molecule has 4 heteroatoms. The van der Waals surface area contributed by atoms with Crippen LogP contribution in [0.2, 0.25) is 0 Å². The van der Waals surface area contributed by atoms with E-state index in [1.54, 1.807) is 0 Å². The molecule has 0 aliphatic heterocycles. The fraction of sp³-hybridized carbons (Fsp3) is 0.409. The van der Waals surface area contributed by atoms with Gasteiger partial charge in [0.15, 0.2) is 0 Å². The zero-order valence-electron chi connectivity index (χ0n) is 15.9. The third-order valence-electron chi connectivity index (χ3n) is 4.07. The van der Waals surface area contributed by atoms with Crippen molar-refractivity contribution in [3.63, 3.8) is 0 Å². The van der Waals surface area contributed by atoms with Crippen molar-refractivity contribution in [2.75, 3.05) is 31.6 Å². The van der Waals surface area contributed by atoms with Crippen LogP contribution >= 0.6 is 0 Å². The number of rotatable bonds is 11. The Balaban J connectivity index is 1.82. The van der Waals surface area contributed by atoms with E-state index in [1.165, 1.54) is 5.56 Å². The molecule has 2 aromatic rings. The molecule has 2 aromatic carbocycles. The fourth-order valence-corrected chi connectivity index (χ4v) is 2.90. The number of hydrogen-bond donors (Lipinski definition) is 1. The number of benzene rings is 2. The van der Waals surface area contributed by atoms with Gasteiger partial charge in [0.25, 0.3) is 0 Å². The Hall–Kier alpha value is -2.33. The van der Waals surface area contributed by atoms with Gasteiger partial charge in [-0.05, 0) is 43.6 Å². The monoisotopic (exact) mass is 354 g/mol. The predicted molar refractivity (Wildman–Crippen MR) is 108 cm³/mol. The highest BCUT2D eigenvalue weighted by molar-refractivity contribution is 5.92. The van der Waals surface area contributed by atoms with Gasteiger partial charge in [0, 0.05) is 18.2 Å². The van der Waals surface area contributed by atoms with Crippen LogP contribution in [0.5, 0.6) is 5.75 Å². The summed E-state index contributed by atoms with van der Waals surface area (Å²) in [4.78, 5) is 14.5. The van der Waals surface area contributed by atoms with E-state index in [4.69, 9.17) is 4.74 Å². The molecule has 4 nitrogen and oxygen atoms in total. The Morgan fingerprint density at radius 1 is 1.00 bits per heavy atom. The van der Waals surface area contributed by atoms with Gasteiger partial charge in [-0.15, -0.1) is 0 Å². The van der Waals surface area contributed by atoms with Crippen molar-refractivity contribution < 1.29 is 9.53 Å². The zero-order valence-corrected chi connectivity index (χ0v) is 15.9. The number of nitrogens with zero attached hydrogens (tertiary/aromatic N) is 1. The van der Waals surface area contributed by atoms with Gasteiger partial charge < -0.3 is 10.1 Å². The number of carbonyl (C=O) groups excluding carboxylic acids is 1. The molecule has 0 saturated heterocycles. The van der Waals surface area contributed by atoms with Gasteiger partial charge in [-0.1, -0.05) is 50.2 Å². The lowest BCUT2D eigenvalue weighted by atomic mass is 10.2. The van der Waals surface area contributed by atoms with Crippen molar-refractivity contribution in [2.45, 2.75) is 33.1 Å². The van der Waals surface area contributed by atoms with Crippen LogP contribution in [-0.2, 0) is 11.2 Å². The van der Waals surface area contributed by atoms with Crippen molar-refractivity contribution >= 4 is 11.6 Å². The molecule has 1 amide bonds. The summed E-state index contributed by atoms with van der Waals surface area (Å²) in [6.45, 7) is 7.21. The van der Waals surface area contributed by atoms with E-state index in [9.17, 15) is 4.79 Å². The molecule has 0 aromatic heterocycles. The molecule has 0 aliphatic carbocycles. The van der Waals surface area contributed by atoms with E-state index in [1.807, 2.05) is 42.5 Å². The summed E-state index contributed by atoms with van der Waals surface area (Å²) in [6.07, 6.45) is 2.97. The normalized spacial score (nSPS) is 10.7. The van der Waals surface area contributed by atoms with Crippen LogP contribution in [0.1, 0.15) is 32.3 Å². The fourth-order valence-electron chi connectivity index (χ4n) is 2.90. The second-order valence-corrected chi connectivity index (χ2v) is 6.44. The lowest BCUT2D eigenvalue weighted by Gasteiger charge is -2.20. The molecule has 0 bridgehead atoms. The second kappa shape index (κ2) is 11.3. The molecule has 26 heavy (non-hydrogen) atoms. The molecule has 140 valence electrons. The molecule has 0 saturated carbocycles. The molecular formula is C22H30N2O2. The van der Waals surface area contributed by atoms with E-state index < -0.39 is 0 Å². The molecule has 0 spiro atoms. The Morgan fingerprint density at radius 3 is 2.42 bits per heavy atom. The van der Waals surface area contributed by atoms with Crippen LogP contribution in [0.3, 0.4) is 0 Å². The number of anilines is 1. The topological polar surface area (TPSA) is 41.6 Å². The quantitative estimate of drug-likeness (QED) is 0.651. The van der Waals surface area contributed by atoms with Crippen LogP contribution in [0.15, 0.2) is 54.6 Å². The Morgan fingerprint density at radius 2 is 1.73 bits per heavy atom. The lowest BCUT2D eigenvalue weighted by Crippen LogP contribution is -2.34. The summed E-state index contributed by atoms with van der Waals surface area (Å²) in [5, 5.41) is 2.98. The molecule has 0 atom stereocenters. The summed E-state index contributed by atoms with van der Waals surface area (Å²) in [7, 11) is 0. The van der Waals surface area contributed by atoms with Crippen LogP contribution in [0, 0.1) is 0 Å². The second-order valence-electron chi connectivity index (χ2n) is 6.44. The Kier molecular flexibility index (Phi) is 8.70. The standard InChI is InChI=1S/C22H30N2O2/c1-3-14-24(15-4-2)18-22(25)23-20-11-8-12-21(17-20)26-16-13-19-9-6-5-7-10-19/h5-12,17H,3-4,13-16,18H2,1-2H3,(H,23,25). The molecule has 0 radical (unpaired) electrons. The average Bonchev–Trinajstić information content (AvgIpc) is 2.63. The Bertz CT molecular complexity index is 652. The predicted octanol–water partition coefficient (Wildman–Crippen LogP) is 4.37. The number of ether oxygens (including phenoxy) is 1. The number of nitrogens with one attached hydrogen (secondary N) is 1. The summed E-state index contributed by atoms with van der Waals surface area (Å²) in [5.41, 5.74) is 2.03. The van der Waals surface area contributed by atoms with E-state index in [-0.39, 0.29) is 5.91 Å². The highest BCUT2D eigenvalue weighted by Crippen LogP contribution is 2.17. The van der Waals surface area contributed by atoms with Crippen LogP contribution in [0.4, 0.5) is 5.69 Å². The van der Waals surface area contributed by atoms with E-state index in [0.29, 0.717) is 13.2 Å². The van der Waals surface area contributed by atoms with Crippen LogP contribution in [-0.4, -0.2) is 37.0 Å². The van der Waals surface area contributed by atoms with Gasteiger partial charge in [-0.2, -0.15) is 0 Å². The van der Waals surface area contributed by atoms with E-state index in [2.05, 4.69) is 36.2 Å². The maximum atomic E-state index is 12.3. The largest absolute Gasteiger partial charge is 0.493 e. The molecular weight excluding hydrogens is 324 g/mol. The first-order valence-electron chi connectivity index (χ1n) is 9.50. The first-order chi connectivity index (χ1) is 12.7. The van der Waals surface area contributed by atoms with Gasteiger partial charge in [0.05, 0.1) is 13.2 Å². The molecule has 1 N–H and O–H groups in total. The molecule has 0 unspecified atom stereocenters. The SMILES string of the molecule is CCCN(CCC)CC(=O)Nc1cccc(OCCc2ccccc2)c1. The van der Waals surface area contributed by atoms with Crippen molar-refractivity contribution in [2.24, 2.45) is 0 Å². The third-order valence-corrected chi connectivity index (χ3v) is 4.07. The lowest BCUT2D eigenvalue weighted by molar-refractivity contribution is -0.117. The van der Waals surface area contributed by atoms with Crippen LogP contribution < -0.4 is 10.1 Å². The van der Waals surface area contributed by atoms with E-state index >= 15 is 0 Å². The number of amides is 1. The smallest absolute Gasteiger partial charge is 0.238 e. The first kappa shape index (κ1) is 20.0. The van der Waals surface area contributed by atoms with Crippen LogP contribution in [0.25, 0.3) is 0 Å². The highest BCUT2D eigenvalue weighted by Gasteiger charge is 2.09. The molecule has 2 rings (SSSR count). The minimum absolute atomic E-state index is 0.0216. The van der Waals surface area contributed by atoms with Crippen molar-refractivity contribution in [1.82, 2.24) is 4.90 Å². The maximum absolute atomic E-state index is 12.3. The Labute approximate surface area is 157 Å². The van der Waals surface area contributed by atoms with Crippen molar-refractivity contribution in [3.8, 4) is 5.75 Å². The van der Waals surface area contributed by atoms with Gasteiger partial charge in [0.1, 0.15) is 5.75 Å². The van der Waals surface area contributed by atoms with Gasteiger partial charge in [-0.3, -0.25) is 9.69 Å². The summed E-state index contributed by atoms with van der Waals surface area (Å²) < 4.78 is 5.83. The average molecular weight is 354 g/mol. The number of carbonyl (C=O) groups is 1. The first-order valence-corrected chi connectivity index (χ1v) is 9.50. The number of hydrogen-bond acceptors (Lipinski definition) is 3. The molecule has 0 heterocycles. The zero-order chi connectivity index (χ0) is 18.6. The summed E-state index contributed by atoms with van der Waals surface area (Å²) >= 11 is 0. The van der Waals surface area contributed by atoms with Gasteiger partial charge in [0.2, 0.25) is 5.91 Å². The maximum Gasteiger partial charge on any atom is 0.238 e. The van der Waals surface area contributed by atoms with E-state index in [0.717, 1.165) is 43.8 Å². The summed E-state index contributed by atoms with van der Waals surface area (Å²) in [5.74, 6) is 0.797. The molecule has 0 fully saturated rings. The minimum atomic E-state index is 0.0216. The van der Waals surface area contributed by atoms with Crippen molar-refractivity contribution in [3.05, 3.63) is 60.2 Å². The van der Waals surface area contributed by atoms with Gasteiger partial charge >= 0.3 is 0 Å². The highest BCUT2D eigenvalue weighted by atomic mass is 16.5. The summed E-state index contributed by atoms with van der Waals surface area (Å²) in [6, 6.07) is 17.9. The third kappa shape index (κ3) is 7.28.